The van der Waals surface area contributed by atoms with Crippen LogP contribution in [0.1, 0.15) is 11.5 Å². The third-order valence-corrected chi connectivity index (χ3v) is 3.36. The van der Waals surface area contributed by atoms with Gasteiger partial charge in [-0.25, -0.2) is 0 Å². The molecule has 2 aromatic carbocycles. The van der Waals surface area contributed by atoms with Crippen molar-refractivity contribution in [1.82, 2.24) is 0 Å². The molecule has 0 aromatic heterocycles. The van der Waals surface area contributed by atoms with Crippen molar-refractivity contribution in [2.75, 3.05) is 7.11 Å². The minimum absolute atomic E-state index is 0.606. The minimum Gasteiger partial charge on any atom is -0.497 e. The fraction of sp³-hybridized carbons (Fsp3) is 0.167. The van der Waals surface area contributed by atoms with Crippen molar-refractivity contribution < 1.29 is 4.74 Å². The number of nitriles is 3. The van der Waals surface area contributed by atoms with Crippen LogP contribution in [0, 0.1) is 39.9 Å². The van der Waals surface area contributed by atoms with Gasteiger partial charge in [-0.15, -0.1) is 0 Å². The van der Waals surface area contributed by atoms with Crippen LogP contribution in [0.25, 0.3) is 0 Å². The summed E-state index contributed by atoms with van der Waals surface area (Å²) in [6.45, 7) is 0. The van der Waals surface area contributed by atoms with Crippen LogP contribution < -0.4 is 4.74 Å². The molecule has 0 saturated heterocycles. The van der Waals surface area contributed by atoms with E-state index in [0.29, 0.717) is 16.9 Å². The number of methoxy groups -OCH3 is 1. The van der Waals surface area contributed by atoms with E-state index in [1.165, 1.54) is 0 Å². The maximum Gasteiger partial charge on any atom is 0.153 e. The maximum absolute atomic E-state index is 9.17. The van der Waals surface area contributed by atoms with Gasteiger partial charge in [0.2, 0.25) is 0 Å². The fourth-order valence-corrected chi connectivity index (χ4v) is 2.03. The molecule has 0 heterocycles. The number of azo groups is 1. The van der Waals surface area contributed by atoms with Crippen molar-refractivity contribution in [1.29, 1.82) is 15.8 Å². The monoisotopic (exact) mass is 315 g/mol. The summed E-state index contributed by atoms with van der Waals surface area (Å²) in [5, 5.41) is 35.3. The molecule has 2 rings (SSSR count). The molecule has 2 aromatic rings. The van der Waals surface area contributed by atoms with Gasteiger partial charge in [0.15, 0.2) is 5.92 Å². The normalized spacial score (nSPS) is 11.5. The van der Waals surface area contributed by atoms with E-state index in [-0.39, 0.29) is 0 Å². The van der Waals surface area contributed by atoms with Crippen molar-refractivity contribution in [2.24, 2.45) is 16.1 Å². The standard InChI is InChI=1S/C18H13N5O/c1-24-17-8-6-16(7-9-17)23-22-15-4-2-13(3-5-15)18(12-21)14(10-19)11-20/h2-9,14,18H,1H3/b23-22+. The zero-order valence-electron chi connectivity index (χ0n) is 12.9. The van der Waals surface area contributed by atoms with E-state index >= 15 is 0 Å². The van der Waals surface area contributed by atoms with Crippen LogP contribution in [0.5, 0.6) is 5.75 Å². The van der Waals surface area contributed by atoms with Crippen LogP contribution in [0.2, 0.25) is 0 Å². The average Bonchev–Trinajstić information content (AvgIpc) is 2.65. The minimum atomic E-state index is -0.998. The third kappa shape index (κ3) is 3.94. The van der Waals surface area contributed by atoms with Crippen LogP contribution in [0.4, 0.5) is 11.4 Å². The lowest BCUT2D eigenvalue weighted by atomic mass is 9.89. The van der Waals surface area contributed by atoms with E-state index in [0.717, 1.165) is 5.75 Å². The van der Waals surface area contributed by atoms with Gasteiger partial charge in [0.05, 0.1) is 36.7 Å². The fourth-order valence-electron chi connectivity index (χ4n) is 2.03. The summed E-state index contributed by atoms with van der Waals surface area (Å²) < 4.78 is 5.07. The Balaban J connectivity index is 2.14. The summed E-state index contributed by atoms with van der Waals surface area (Å²) in [6.07, 6.45) is 0. The predicted octanol–water partition coefficient (Wildman–Crippen LogP) is 4.38. The first-order chi connectivity index (χ1) is 11.7. The first kappa shape index (κ1) is 16.7. The van der Waals surface area contributed by atoms with Crippen LogP contribution in [-0.4, -0.2) is 7.11 Å². The molecule has 0 amide bonds. The van der Waals surface area contributed by atoms with Gasteiger partial charge >= 0.3 is 0 Å². The van der Waals surface area contributed by atoms with Crippen LogP contribution in [-0.2, 0) is 0 Å². The van der Waals surface area contributed by atoms with Gasteiger partial charge in [0.1, 0.15) is 11.7 Å². The van der Waals surface area contributed by atoms with E-state index in [1.807, 2.05) is 18.2 Å². The van der Waals surface area contributed by atoms with Crippen molar-refractivity contribution >= 4 is 11.4 Å². The number of ether oxygens (including phenoxy) is 1. The number of benzene rings is 2. The lowest BCUT2D eigenvalue weighted by molar-refractivity contribution is 0.415. The molecule has 24 heavy (non-hydrogen) atoms. The van der Waals surface area contributed by atoms with Crippen LogP contribution >= 0.6 is 0 Å². The Morgan fingerprint density at radius 2 is 1.29 bits per heavy atom. The topological polar surface area (TPSA) is 105 Å². The predicted molar refractivity (Wildman–Crippen MR) is 86.7 cm³/mol. The second-order valence-electron chi connectivity index (χ2n) is 4.83. The molecule has 0 fully saturated rings. The molecule has 0 saturated carbocycles. The zero-order chi connectivity index (χ0) is 17.4. The Bertz CT molecular complexity index is 821. The van der Waals surface area contributed by atoms with Gasteiger partial charge in [0.25, 0.3) is 0 Å². The molecular formula is C18H13N5O. The average molecular weight is 315 g/mol. The number of rotatable bonds is 5. The quantitative estimate of drug-likeness (QED) is 0.763. The van der Waals surface area contributed by atoms with E-state index in [4.69, 9.17) is 15.3 Å². The molecule has 0 radical (unpaired) electrons. The van der Waals surface area contributed by atoms with E-state index in [1.54, 1.807) is 55.6 Å². The highest BCUT2D eigenvalue weighted by Crippen LogP contribution is 2.26. The smallest absolute Gasteiger partial charge is 0.153 e. The molecule has 0 aliphatic heterocycles. The van der Waals surface area contributed by atoms with Gasteiger partial charge in [-0.05, 0) is 42.0 Å². The Kier molecular flexibility index (Phi) is 5.61. The molecule has 1 unspecified atom stereocenters. The Labute approximate surface area is 139 Å². The molecule has 1 atom stereocenters. The lowest BCUT2D eigenvalue weighted by Gasteiger charge is -2.09. The number of nitrogens with zero attached hydrogens (tertiary/aromatic N) is 5. The van der Waals surface area contributed by atoms with Gasteiger partial charge in [-0.3, -0.25) is 0 Å². The van der Waals surface area contributed by atoms with E-state index in [2.05, 4.69) is 10.2 Å². The molecule has 0 bridgehead atoms. The Hall–Kier alpha value is -3.69. The Morgan fingerprint density at radius 3 is 1.71 bits per heavy atom. The van der Waals surface area contributed by atoms with Crippen molar-refractivity contribution in [3.8, 4) is 24.0 Å². The highest BCUT2D eigenvalue weighted by Gasteiger charge is 2.22. The second-order valence-corrected chi connectivity index (χ2v) is 4.83. The number of hydrogen-bond acceptors (Lipinski definition) is 6. The molecule has 0 aliphatic carbocycles. The van der Waals surface area contributed by atoms with Crippen LogP contribution in [0.15, 0.2) is 58.8 Å². The summed E-state index contributed by atoms with van der Waals surface area (Å²) in [6, 6.07) is 19.6. The van der Waals surface area contributed by atoms with Crippen molar-refractivity contribution in [3.63, 3.8) is 0 Å². The lowest BCUT2D eigenvalue weighted by Crippen LogP contribution is -2.07. The number of hydrogen-bond donors (Lipinski definition) is 0. The molecular weight excluding hydrogens is 302 g/mol. The summed E-state index contributed by atoms with van der Waals surface area (Å²) in [4.78, 5) is 0. The van der Waals surface area contributed by atoms with Gasteiger partial charge < -0.3 is 4.74 Å². The first-order valence-electron chi connectivity index (χ1n) is 7.06. The molecule has 6 heteroatoms. The van der Waals surface area contributed by atoms with Crippen molar-refractivity contribution in [3.05, 3.63) is 54.1 Å². The van der Waals surface area contributed by atoms with Gasteiger partial charge in [-0.2, -0.15) is 26.0 Å². The molecule has 0 spiro atoms. The van der Waals surface area contributed by atoms with Crippen LogP contribution in [0.3, 0.4) is 0 Å². The summed E-state index contributed by atoms with van der Waals surface area (Å²) in [5.74, 6) is -1.04. The first-order valence-corrected chi connectivity index (χ1v) is 7.06. The van der Waals surface area contributed by atoms with Gasteiger partial charge in [0, 0.05) is 0 Å². The molecule has 0 aliphatic rings. The second kappa shape index (κ2) is 8.08. The summed E-state index contributed by atoms with van der Waals surface area (Å²) in [7, 11) is 1.59. The molecule has 6 nitrogen and oxygen atoms in total. The van der Waals surface area contributed by atoms with E-state index < -0.39 is 11.8 Å². The van der Waals surface area contributed by atoms with Crippen molar-refractivity contribution in [2.45, 2.75) is 5.92 Å². The van der Waals surface area contributed by atoms with Gasteiger partial charge in [-0.1, -0.05) is 12.1 Å². The highest BCUT2D eigenvalue weighted by molar-refractivity contribution is 5.44. The third-order valence-electron chi connectivity index (χ3n) is 3.36. The highest BCUT2D eigenvalue weighted by atomic mass is 16.5. The molecule has 116 valence electrons. The maximum atomic E-state index is 9.17. The summed E-state index contributed by atoms with van der Waals surface area (Å²) >= 11 is 0. The Morgan fingerprint density at radius 1 is 0.792 bits per heavy atom. The summed E-state index contributed by atoms with van der Waals surface area (Å²) in [5.41, 5.74) is 1.90. The largest absolute Gasteiger partial charge is 0.497 e. The SMILES string of the molecule is COc1ccc(/N=N/c2ccc(C(C#N)C(C#N)C#N)cc2)cc1. The molecule has 0 N–H and O–H groups in total. The zero-order valence-corrected chi connectivity index (χ0v) is 12.9. The van der Waals surface area contributed by atoms with E-state index in [9.17, 15) is 5.26 Å².